The molecule has 92 valence electrons. The van der Waals surface area contributed by atoms with Gasteiger partial charge in [0.2, 0.25) is 0 Å². The van der Waals surface area contributed by atoms with Crippen molar-refractivity contribution in [3.8, 4) is 0 Å². The highest BCUT2D eigenvalue weighted by Crippen LogP contribution is 2.32. The van der Waals surface area contributed by atoms with Crippen LogP contribution in [0.3, 0.4) is 0 Å². The summed E-state index contributed by atoms with van der Waals surface area (Å²) < 4.78 is 0. The zero-order chi connectivity index (χ0) is 12.1. The van der Waals surface area contributed by atoms with E-state index < -0.39 is 0 Å². The molecule has 17 heavy (non-hydrogen) atoms. The van der Waals surface area contributed by atoms with Gasteiger partial charge in [-0.15, -0.1) is 11.8 Å². The number of thioether (sulfide) groups is 1. The van der Waals surface area contributed by atoms with Crippen LogP contribution >= 0.6 is 11.8 Å². The molecule has 0 amide bonds. The molecule has 6 heteroatoms. The summed E-state index contributed by atoms with van der Waals surface area (Å²) in [6, 6.07) is 0. The largest absolute Gasteiger partial charge is 0.409 e. The Morgan fingerprint density at radius 1 is 1.29 bits per heavy atom. The third-order valence-corrected chi connectivity index (χ3v) is 4.09. The molecule has 1 aromatic rings. The molecule has 0 radical (unpaired) electrons. The maximum absolute atomic E-state index is 8.51. The fraction of sp³-hybridized carbons (Fsp3) is 0.545. The lowest BCUT2D eigenvalue weighted by atomic mass is 10.0. The molecule has 0 atom stereocenters. The highest BCUT2D eigenvalue weighted by Gasteiger charge is 2.15. The van der Waals surface area contributed by atoms with Gasteiger partial charge in [-0.3, -0.25) is 0 Å². The van der Waals surface area contributed by atoms with Crippen molar-refractivity contribution in [3.63, 3.8) is 0 Å². The van der Waals surface area contributed by atoms with Gasteiger partial charge in [0.1, 0.15) is 10.7 Å². The molecule has 0 spiro atoms. The topological polar surface area (TPSA) is 84.4 Å². The molecular weight excluding hydrogens is 236 g/mol. The Labute approximate surface area is 105 Å². The van der Waals surface area contributed by atoms with Gasteiger partial charge < -0.3 is 10.9 Å². The van der Waals surface area contributed by atoms with Crippen molar-refractivity contribution < 1.29 is 5.21 Å². The van der Waals surface area contributed by atoms with E-state index in [1.807, 2.05) is 0 Å². The van der Waals surface area contributed by atoms with Crippen molar-refractivity contribution in [1.82, 2.24) is 9.97 Å². The predicted molar refractivity (Wildman–Crippen MR) is 67.3 cm³/mol. The van der Waals surface area contributed by atoms with Crippen LogP contribution in [0.1, 0.15) is 37.8 Å². The Balaban J connectivity index is 1.97. The Morgan fingerprint density at radius 3 is 2.65 bits per heavy atom. The highest BCUT2D eigenvalue weighted by molar-refractivity contribution is 7.99. The summed E-state index contributed by atoms with van der Waals surface area (Å²) in [5.41, 5.74) is 5.82. The van der Waals surface area contributed by atoms with Crippen LogP contribution in [-0.2, 0) is 0 Å². The zero-order valence-corrected chi connectivity index (χ0v) is 10.4. The van der Waals surface area contributed by atoms with Gasteiger partial charge in [-0.2, -0.15) is 0 Å². The Bertz CT molecular complexity index is 387. The third-order valence-electron chi connectivity index (χ3n) is 2.84. The van der Waals surface area contributed by atoms with E-state index in [1.54, 1.807) is 24.2 Å². The fourth-order valence-corrected chi connectivity index (χ4v) is 3.05. The van der Waals surface area contributed by atoms with Gasteiger partial charge in [0.15, 0.2) is 5.84 Å². The number of nitrogens with two attached hydrogens (primary N) is 1. The molecule has 1 aliphatic rings. The summed E-state index contributed by atoms with van der Waals surface area (Å²) in [6.07, 6.45) is 9.72. The van der Waals surface area contributed by atoms with Crippen LogP contribution in [0, 0.1) is 0 Å². The van der Waals surface area contributed by atoms with E-state index in [0.29, 0.717) is 10.9 Å². The normalized spacial score (nSPS) is 18.2. The highest BCUT2D eigenvalue weighted by atomic mass is 32.2. The first-order valence-electron chi connectivity index (χ1n) is 5.76. The maximum atomic E-state index is 8.51. The minimum Gasteiger partial charge on any atom is -0.409 e. The molecular formula is C11H16N4OS. The lowest BCUT2D eigenvalue weighted by Gasteiger charge is -2.20. The predicted octanol–water partition coefficient (Wildman–Crippen LogP) is 2.00. The van der Waals surface area contributed by atoms with Crippen LogP contribution in [0.25, 0.3) is 0 Å². The van der Waals surface area contributed by atoms with Crippen LogP contribution in [0.4, 0.5) is 0 Å². The molecule has 1 aliphatic carbocycles. The van der Waals surface area contributed by atoms with Gasteiger partial charge in [-0.05, 0) is 12.8 Å². The average molecular weight is 252 g/mol. The summed E-state index contributed by atoms with van der Waals surface area (Å²) in [7, 11) is 0. The van der Waals surface area contributed by atoms with Crippen molar-refractivity contribution in [2.24, 2.45) is 10.9 Å². The summed E-state index contributed by atoms with van der Waals surface area (Å²) in [5.74, 6) is -0.00767. The van der Waals surface area contributed by atoms with Crippen LogP contribution < -0.4 is 5.73 Å². The quantitative estimate of drug-likeness (QED) is 0.372. The molecule has 1 fully saturated rings. The Morgan fingerprint density at radius 2 is 2.06 bits per heavy atom. The number of rotatable bonds is 3. The van der Waals surface area contributed by atoms with Gasteiger partial charge in [-0.1, -0.05) is 24.4 Å². The molecule has 1 aromatic heterocycles. The van der Waals surface area contributed by atoms with E-state index in [9.17, 15) is 0 Å². The van der Waals surface area contributed by atoms with Gasteiger partial charge in [-0.25, -0.2) is 9.97 Å². The standard InChI is InChI=1S/C11H16N4OS/c12-11(15-16)9-6-14-10(7-13-9)17-8-4-2-1-3-5-8/h6-8,16H,1-5H2,(H2,12,15). The van der Waals surface area contributed by atoms with Gasteiger partial charge in [0.05, 0.1) is 12.4 Å². The number of hydrogen-bond acceptors (Lipinski definition) is 5. The first-order valence-corrected chi connectivity index (χ1v) is 6.64. The zero-order valence-electron chi connectivity index (χ0n) is 9.54. The van der Waals surface area contributed by atoms with Crippen LogP contribution in [-0.4, -0.2) is 26.3 Å². The van der Waals surface area contributed by atoms with Crippen LogP contribution in [0.5, 0.6) is 0 Å². The first-order chi connectivity index (χ1) is 8.29. The van der Waals surface area contributed by atoms with Crippen molar-refractivity contribution in [2.45, 2.75) is 42.4 Å². The third kappa shape index (κ3) is 3.33. The van der Waals surface area contributed by atoms with Crippen molar-refractivity contribution in [2.75, 3.05) is 0 Å². The minimum atomic E-state index is -0.00767. The molecule has 0 aliphatic heterocycles. The van der Waals surface area contributed by atoms with E-state index in [1.165, 1.54) is 32.1 Å². The number of oxime groups is 1. The number of aromatic nitrogens is 2. The smallest absolute Gasteiger partial charge is 0.190 e. The Hall–Kier alpha value is -1.30. The fourth-order valence-electron chi connectivity index (χ4n) is 1.91. The summed E-state index contributed by atoms with van der Waals surface area (Å²) in [5, 5.41) is 13.0. The monoisotopic (exact) mass is 252 g/mol. The summed E-state index contributed by atoms with van der Waals surface area (Å²) in [6.45, 7) is 0. The SMILES string of the molecule is NC(=NO)c1cnc(SC2CCCCC2)cn1. The van der Waals surface area contributed by atoms with E-state index >= 15 is 0 Å². The van der Waals surface area contributed by atoms with Gasteiger partial charge >= 0.3 is 0 Å². The van der Waals surface area contributed by atoms with E-state index in [0.717, 1.165) is 5.03 Å². The molecule has 1 saturated carbocycles. The summed E-state index contributed by atoms with van der Waals surface area (Å²) >= 11 is 1.78. The van der Waals surface area contributed by atoms with Gasteiger partial charge in [0, 0.05) is 5.25 Å². The van der Waals surface area contributed by atoms with Crippen LogP contribution in [0.2, 0.25) is 0 Å². The second-order valence-corrected chi connectivity index (χ2v) is 5.42. The second-order valence-electron chi connectivity index (χ2n) is 4.10. The number of nitrogens with zero attached hydrogens (tertiary/aromatic N) is 3. The molecule has 2 rings (SSSR count). The average Bonchev–Trinajstić information content (AvgIpc) is 2.40. The second kappa shape index (κ2) is 5.86. The van der Waals surface area contributed by atoms with Crippen LogP contribution in [0.15, 0.2) is 22.6 Å². The molecule has 0 bridgehead atoms. The lowest BCUT2D eigenvalue weighted by Crippen LogP contribution is -2.15. The first kappa shape index (κ1) is 12.2. The van der Waals surface area contributed by atoms with E-state index in [4.69, 9.17) is 10.9 Å². The molecule has 0 aromatic carbocycles. The minimum absolute atomic E-state index is 0.00767. The number of amidine groups is 1. The maximum Gasteiger partial charge on any atom is 0.190 e. The van der Waals surface area contributed by atoms with Crippen molar-refractivity contribution >= 4 is 17.6 Å². The van der Waals surface area contributed by atoms with Gasteiger partial charge in [0.25, 0.3) is 0 Å². The molecule has 0 saturated heterocycles. The van der Waals surface area contributed by atoms with E-state index in [2.05, 4.69) is 15.1 Å². The van der Waals surface area contributed by atoms with E-state index in [-0.39, 0.29) is 5.84 Å². The molecule has 5 nitrogen and oxygen atoms in total. The Kier molecular flexibility index (Phi) is 4.19. The molecule has 3 N–H and O–H groups in total. The van der Waals surface area contributed by atoms with Crippen molar-refractivity contribution in [1.29, 1.82) is 0 Å². The summed E-state index contributed by atoms with van der Waals surface area (Å²) in [4.78, 5) is 8.39. The molecule has 0 unspecified atom stereocenters. The lowest BCUT2D eigenvalue weighted by molar-refractivity contribution is 0.318. The number of hydrogen-bond donors (Lipinski definition) is 2. The molecule has 1 heterocycles. The van der Waals surface area contributed by atoms with Crippen molar-refractivity contribution in [3.05, 3.63) is 18.1 Å².